The van der Waals surface area contributed by atoms with Crippen molar-refractivity contribution in [2.45, 2.75) is 12.8 Å². The standard InChI is InChI=1S/C14H20N4O2/c19-18(20)14-11-12(16-9-5-15-6-10-16)3-4-13(14)17-7-1-2-8-17/h3-4,11,15H,1-2,5-10H2. The van der Waals surface area contributed by atoms with E-state index in [2.05, 4.69) is 15.1 Å². The number of nitro benzene ring substituents is 1. The van der Waals surface area contributed by atoms with E-state index in [0.29, 0.717) is 0 Å². The molecule has 2 aliphatic heterocycles. The number of hydrogen-bond donors (Lipinski definition) is 1. The fourth-order valence-electron chi connectivity index (χ4n) is 3.00. The molecule has 0 saturated carbocycles. The first-order valence-corrected chi connectivity index (χ1v) is 7.25. The SMILES string of the molecule is O=[N+]([O-])c1cc(N2CCNCC2)ccc1N1CCCC1. The Morgan fingerprint density at radius 3 is 2.40 bits per heavy atom. The number of benzene rings is 1. The zero-order valence-corrected chi connectivity index (χ0v) is 11.5. The number of nitrogens with zero attached hydrogens (tertiary/aromatic N) is 3. The van der Waals surface area contributed by atoms with E-state index < -0.39 is 0 Å². The smallest absolute Gasteiger partial charge is 0.294 e. The van der Waals surface area contributed by atoms with Gasteiger partial charge in [-0.25, -0.2) is 0 Å². The maximum atomic E-state index is 11.4. The Bertz CT molecular complexity index is 494. The van der Waals surface area contributed by atoms with Crippen LogP contribution in [-0.4, -0.2) is 44.2 Å². The van der Waals surface area contributed by atoms with Gasteiger partial charge in [0.2, 0.25) is 0 Å². The second-order valence-electron chi connectivity index (χ2n) is 5.36. The predicted octanol–water partition coefficient (Wildman–Crippen LogP) is 1.60. The van der Waals surface area contributed by atoms with Gasteiger partial charge in [0.05, 0.1) is 4.92 Å². The van der Waals surface area contributed by atoms with E-state index in [1.807, 2.05) is 12.1 Å². The summed E-state index contributed by atoms with van der Waals surface area (Å²) >= 11 is 0. The van der Waals surface area contributed by atoms with Crippen molar-refractivity contribution in [3.63, 3.8) is 0 Å². The van der Waals surface area contributed by atoms with Crippen molar-refractivity contribution in [2.75, 3.05) is 49.1 Å². The molecule has 6 nitrogen and oxygen atoms in total. The summed E-state index contributed by atoms with van der Waals surface area (Å²) in [6, 6.07) is 5.67. The van der Waals surface area contributed by atoms with Crippen molar-refractivity contribution in [3.8, 4) is 0 Å². The van der Waals surface area contributed by atoms with Crippen LogP contribution in [0.1, 0.15) is 12.8 Å². The second kappa shape index (κ2) is 5.66. The van der Waals surface area contributed by atoms with Gasteiger partial charge >= 0.3 is 0 Å². The molecule has 0 aromatic heterocycles. The molecule has 0 spiro atoms. The van der Waals surface area contributed by atoms with Crippen molar-refractivity contribution in [3.05, 3.63) is 28.3 Å². The van der Waals surface area contributed by atoms with E-state index in [-0.39, 0.29) is 10.6 Å². The lowest BCUT2D eigenvalue weighted by Gasteiger charge is -2.29. The summed E-state index contributed by atoms with van der Waals surface area (Å²) < 4.78 is 0. The number of rotatable bonds is 3. The first-order valence-electron chi connectivity index (χ1n) is 7.25. The Labute approximate surface area is 118 Å². The molecule has 20 heavy (non-hydrogen) atoms. The van der Waals surface area contributed by atoms with Gasteiger partial charge in [-0.3, -0.25) is 10.1 Å². The molecule has 0 aliphatic carbocycles. The average Bonchev–Trinajstić information content (AvgIpc) is 3.01. The van der Waals surface area contributed by atoms with Gasteiger partial charge in [0.25, 0.3) is 5.69 Å². The number of anilines is 2. The largest absolute Gasteiger partial charge is 0.369 e. The van der Waals surface area contributed by atoms with E-state index in [0.717, 1.165) is 63.5 Å². The molecule has 6 heteroatoms. The third kappa shape index (κ3) is 2.56. The Morgan fingerprint density at radius 1 is 1.05 bits per heavy atom. The van der Waals surface area contributed by atoms with Crippen LogP contribution in [0, 0.1) is 10.1 Å². The maximum Gasteiger partial charge on any atom is 0.294 e. The quantitative estimate of drug-likeness (QED) is 0.671. The molecule has 1 aromatic rings. The summed E-state index contributed by atoms with van der Waals surface area (Å²) in [6.07, 6.45) is 2.24. The molecule has 2 saturated heterocycles. The predicted molar refractivity (Wildman–Crippen MR) is 79.6 cm³/mol. The highest BCUT2D eigenvalue weighted by Crippen LogP contribution is 2.34. The van der Waals surface area contributed by atoms with E-state index in [1.165, 1.54) is 0 Å². The van der Waals surface area contributed by atoms with Crippen molar-refractivity contribution in [2.24, 2.45) is 0 Å². The van der Waals surface area contributed by atoms with E-state index in [1.54, 1.807) is 6.07 Å². The Morgan fingerprint density at radius 2 is 1.75 bits per heavy atom. The van der Waals surface area contributed by atoms with Gasteiger partial charge in [0.1, 0.15) is 5.69 Å². The molecule has 1 aromatic carbocycles. The van der Waals surface area contributed by atoms with Gasteiger partial charge in [0, 0.05) is 51.0 Å². The first-order chi connectivity index (χ1) is 9.75. The zero-order valence-electron chi connectivity index (χ0n) is 11.5. The van der Waals surface area contributed by atoms with Crippen LogP contribution in [0.15, 0.2) is 18.2 Å². The molecule has 1 N–H and O–H groups in total. The first kappa shape index (κ1) is 13.2. The van der Waals surface area contributed by atoms with Gasteiger partial charge < -0.3 is 15.1 Å². The minimum atomic E-state index is -0.251. The van der Waals surface area contributed by atoms with Crippen LogP contribution >= 0.6 is 0 Å². The van der Waals surface area contributed by atoms with E-state index in [4.69, 9.17) is 0 Å². The minimum absolute atomic E-state index is 0.239. The Kier molecular flexibility index (Phi) is 3.73. The van der Waals surface area contributed by atoms with Crippen molar-refractivity contribution < 1.29 is 4.92 Å². The fraction of sp³-hybridized carbons (Fsp3) is 0.571. The van der Waals surface area contributed by atoms with Crippen LogP contribution in [0.4, 0.5) is 17.1 Å². The second-order valence-corrected chi connectivity index (χ2v) is 5.36. The van der Waals surface area contributed by atoms with E-state index >= 15 is 0 Å². The van der Waals surface area contributed by atoms with Gasteiger partial charge in [0.15, 0.2) is 0 Å². The Balaban J connectivity index is 1.90. The molecule has 108 valence electrons. The third-order valence-corrected chi connectivity index (χ3v) is 4.08. The lowest BCUT2D eigenvalue weighted by atomic mass is 10.2. The molecule has 2 heterocycles. The van der Waals surface area contributed by atoms with Crippen LogP contribution in [-0.2, 0) is 0 Å². The molecule has 0 radical (unpaired) electrons. The summed E-state index contributed by atoms with van der Waals surface area (Å²) in [5, 5.41) is 14.7. The average molecular weight is 276 g/mol. The van der Waals surface area contributed by atoms with Crippen molar-refractivity contribution in [1.29, 1.82) is 0 Å². The van der Waals surface area contributed by atoms with Crippen LogP contribution in [0.3, 0.4) is 0 Å². The minimum Gasteiger partial charge on any atom is -0.369 e. The molecular formula is C14H20N4O2. The Hall–Kier alpha value is -1.82. The lowest BCUT2D eigenvalue weighted by Crippen LogP contribution is -2.43. The highest BCUT2D eigenvalue weighted by Gasteiger charge is 2.23. The van der Waals surface area contributed by atoms with Crippen molar-refractivity contribution in [1.82, 2.24) is 5.32 Å². The van der Waals surface area contributed by atoms with E-state index in [9.17, 15) is 10.1 Å². The summed E-state index contributed by atoms with van der Waals surface area (Å²) in [7, 11) is 0. The maximum absolute atomic E-state index is 11.4. The van der Waals surface area contributed by atoms with Gasteiger partial charge in [-0.15, -0.1) is 0 Å². The highest BCUT2D eigenvalue weighted by molar-refractivity contribution is 5.70. The monoisotopic (exact) mass is 276 g/mol. The van der Waals surface area contributed by atoms with Gasteiger partial charge in [-0.2, -0.15) is 0 Å². The summed E-state index contributed by atoms with van der Waals surface area (Å²) in [6.45, 7) is 5.52. The molecule has 0 amide bonds. The number of hydrogen-bond acceptors (Lipinski definition) is 5. The molecule has 2 aliphatic rings. The molecule has 0 atom stereocenters. The van der Waals surface area contributed by atoms with Crippen LogP contribution in [0.25, 0.3) is 0 Å². The topological polar surface area (TPSA) is 61.7 Å². The van der Waals surface area contributed by atoms with Gasteiger partial charge in [-0.1, -0.05) is 0 Å². The fourth-order valence-corrected chi connectivity index (χ4v) is 3.00. The summed E-state index contributed by atoms with van der Waals surface area (Å²) in [5.74, 6) is 0. The highest BCUT2D eigenvalue weighted by atomic mass is 16.6. The summed E-state index contributed by atoms with van der Waals surface area (Å²) in [4.78, 5) is 15.4. The van der Waals surface area contributed by atoms with Crippen LogP contribution in [0.2, 0.25) is 0 Å². The van der Waals surface area contributed by atoms with Gasteiger partial charge in [-0.05, 0) is 25.0 Å². The normalized spacial score (nSPS) is 19.4. The number of nitrogens with one attached hydrogen (secondary N) is 1. The number of piperazine rings is 1. The lowest BCUT2D eigenvalue weighted by molar-refractivity contribution is -0.384. The molecule has 3 rings (SSSR count). The van der Waals surface area contributed by atoms with Crippen molar-refractivity contribution >= 4 is 17.1 Å². The van der Waals surface area contributed by atoms with Crippen LogP contribution < -0.4 is 15.1 Å². The zero-order chi connectivity index (χ0) is 13.9. The molecule has 2 fully saturated rings. The third-order valence-electron chi connectivity index (χ3n) is 4.08. The molecule has 0 bridgehead atoms. The molecule has 0 unspecified atom stereocenters. The molecular weight excluding hydrogens is 256 g/mol. The number of nitro groups is 1. The summed E-state index contributed by atoms with van der Waals surface area (Å²) in [5.41, 5.74) is 1.97. The van der Waals surface area contributed by atoms with Crippen LogP contribution in [0.5, 0.6) is 0 Å².